The van der Waals surface area contributed by atoms with Gasteiger partial charge in [-0.05, 0) is 59.2 Å². The number of benzene rings is 3. The Labute approximate surface area is 250 Å². The number of nitrogens with one attached hydrogen (secondary N) is 1. The molecule has 0 atom stereocenters. The summed E-state index contributed by atoms with van der Waals surface area (Å²) in [7, 11) is -3.71. The first kappa shape index (κ1) is 28.4. The van der Waals surface area contributed by atoms with Gasteiger partial charge in [-0.2, -0.15) is 0 Å². The fourth-order valence-electron chi connectivity index (χ4n) is 5.11. The zero-order valence-corrected chi connectivity index (χ0v) is 24.5. The number of rotatable bonds is 8. The summed E-state index contributed by atoms with van der Waals surface area (Å²) >= 11 is 0. The molecule has 1 fully saturated rings. The van der Waals surface area contributed by atoms with E-state index in [4.69, 9.17) is 4.98 Å². The Morgan fingerprint density at radius 1 is 0.860 bits per heavy atom. The Morgan fingerprint density at radius 3 is 2.30 bits per heavy atom. The van der Waals surface area contributed by atoms with Crippen molar-refractivity contribution < 1.29 is 13.2 Å². The average Bonchev–Trinajstić information content (AvgIpc) is 3.04. The standard InChI is InChI=1S/C32H31N7O3S/c1-43(41,42)36-39(32(40)26-7-3-2-4-8-26)28-12-9-25(10-13-28)27-11-14-29-30(20-27)35-31(22-34-29)38-18-16-37(17-19-38)23-24-6-5-15-33-21-24/h2-15,20-22,36H,16-19,23H2,1H3. The lowest BCUT2D eigenvalue weighted by Gasteiger charge is -2.35. The zero-order valence-electron chi connectivity index (χ0n) is 23.7. The SMILES string of the molecule is CS(=O)(=O)NN(C(=O)c1ccccc1)c1ccc(-c2ccc3ncc(N4CCN(Cc5cccnc5)CC4)nc3c2)cc1. The van der Waals surface area contributed by atoms with Crippen LogP contribution in [0.25, 0.3) is 22.2 Å². The lowest BCUT2D eigenvalue weighted by molar-refractivity contribution is 0.0981. The highest BCUT2D eigenvalue weighted by Crippen LogP contribution is 2.27. The van der Waals surface area contributed by atoms with E-state index in [0.717, 1.165) is 72.0 Å². The van der Waals surface area contributed by atoms with E-state index in [0.29, 0.717) is 11.3 Å². The fourth-order valence-corrected chi connectivity index (χ4v) is 5.63. The molecule has 1 N–H and O–H groups in total. The number of piperazine rings is 1. The van der Waals surface area contributed by atoms with Crippen LogP contribution in [0, 0.1) is 0 Å². The summed E-state index contributed by atoms with van der Waals surface area (Å²) in [6.07, 6.45) is 6.56. The van der Waals surface area contributed by atoms with Crippen molar-refractivity contribution in [2.24, 2.45) is 0 Å². The Kier molecular flexibility index (Phi) is 8.10. The average molecular weight is 594 g/mol. The van der Waals surface area contributed by atoms with Crippen molar-refractivity contribution in [3.8, 4) is 11.1 Å². The highest BCUT2D eigenvalue weighted by molar-refractivity contribution is 7.88. The molecule has 0 spiro atoms. The van der Waals surface area contributed by atoms with Gasteiger partial charge in [-0.25, -0.2) is 18.4 Å². The Morgan fingerprint density at radius 2 is 1.60 bits per heavy atom. The molecular weight excluding hydrogens is 562 g/mol. The maximum Gasteiger partial charge on any atom is 0.273 e. The number of fused-ring (bicyclic) bond motifs is 1. The number of sulfonamides is 1. The monoisotopic (exact) mass is 593 g/mol. The van der Waals surface area contributed by atoms with Crippen molar-refractivity contribution >= 4 is 38.5 Å². The molecule has 0 unspecified atom stereocenters. The smallest absolute Gasteiger partial charge is 0.273 e. The molecule has 0 aliphatic carbocycles. The molecule has 0 bridgehead atoms. The molecule has 218 valence electrons. The lowest BCUT2D eigenvalue weighted by atomic mass is 10.0. The lowest BCUT2D eigenvalue weighted by Crippen LogP contribution is -2.46. The summed E-state index contributed by atoms with van der Waals surface area (Å²) in [5, 5.41) is 1.04. The molecule has 43 heavy (non-hydrogen) atoms. The van der Waals surface area contributed by atoms with Crippen LogP contribution in [0.2, 0.25) is 0 Å². The van der Waals surface area contributed by atoms with E-state index < -0.39 is 15.9 Å². The third kappa shape index (κ3) is 6.86. The summed E-state index contributed by atoms with van der Waals surface area (Å²) in [5.74, 6) is 0.369. The van der Waals surface area contributed by atoms with E-state index in [1.54, 1.807) is 48.7 Å². The van der Waals surface area contributed by atoms with Crippen LogP contribution in [0.5, 0.6) is 0 Å². The second kappa shape index (κ2) is 12.3. The first-order valence-corrected chi connectivity index (χ1v) is 15.8. The molecule has 1 aliphatic heterocycles. The van der Waals surface area contributed by atoms with E-state index in [9.17, 15) is 13.2 Å². The molecule has 11 heteroatoms. The Hall–Kier alpha value is -4.71. The van der Waals surface area contributed by atoms with Gasteiger partial charge in [-0.3, -0.25) is 19.7 Å². The summed E-state index contributed by atoms with van der Waals surface area (Å²) in [4.78, 5) is 34.0. The van der Waals surface area contributed by atoms with Gasteiger partial charge in [0, 0.05) is 50.7 Å². The van der Waals surface area contributed by atoms with Gasteiger partial charge in [0.1, 0.15) is 5.82 Å². The normalized spacial score (nSPS) is 14.1. The quantitative estimate of drug-likeness (QED) is 0.268. The number of carbonyl (C=O) groups is 1. The maximum atomic E-state index is 13.2. The number of hydrogen-bond acceptors (Lipinski definition) is 8. The molecule has 10 nitrogen and oxygen atoms in total. The van der Waals surface area contributed by atoms with E-state index in [1.165, 1.54) is 5.56 Å². The van der Waals surface area contributed by atoms with Crippen LogP contribution in [0.3, 0.4) is 0 Å². The molecule has 6 rings (SSSR count). The second-order valence-corrected chi connectivity index (χ2v) is 12.2. The number of hydrogen-bond donors (Lipinski definition) is 1. The third-order valence-electron chi connectivity index (χ3n) is 7.29. The summed E-state index contributed by atoms with van der Waals surface area (Å²) in [6, 6.07) is 25.7. The minimum Gasteiger partial charge on any atom is -0.353 e. The number of hydrazine groups is 1. The molecule has 1 saturated heterocycles. The summed E-state index contributed by atoms with van der Waals surface area (Å²) < 4.78 is 24.1. The molecule has 3 aromatic carbocycles. The van der Waals surface area contributed by atoms with Crippen LogP contribution in [-0.4, -0.2) is 66.6 Å². The topological polar surface area (TPSA) is 112 Å². The van der Waals surface area contributed by atoms with Crippen molar-refractivity contribution in [1.82, 2.24) is 24.7 Å². The van der Waals surface area contributed by atoms with Gasteiger partial charge < -0.3 is 4.90 Å². The minimum atomic E-state index is -3.71. The van der Waals surface area contributed by atoms with Gasteiger partial charge >= 0.3 is 0 Å². The van der Waals surface area contributed by atoms with Crippen molar-refractivity contribution in [3.63, 3.8) is 0 Å². The van der Waals surface area contributed by atoms with Crippen molar-refractivity contribution in [1.29, 1.82) is 0 Å². The highest BCUT2D eigenvalue weighted by Gasteiger charge is 2.22. The maximum absolute atomic E-state index is 13.2. The molecule has 2 aromatic heterocycles. The second-order valence-electron chi connectivity index (χ2n) is 10.5. The molecule has 0 saturated carbocycles. The van der Waals surface area contributed by atoms with Crippen LogP contribution >= 0.6 is 0 Å². The summed E-state index contributed by atoms with van der Waals surface area (Å²) in [6.45, 7) is 4.47. The molecule has 1 aliphatic rings. The predicted molar refractivity (Wildman–Crippen MR) is 168 cm³/mol. The zero-order chi connectivity index (χ0) is 29.8. The molecular formula is C32H31N7O3S. The number of anilines is 2. The van der Waals surface area contributed by atoms with Gasteiger partial charge in [-0.15, -0.1) is 4.83 Å². The Balaban J connectivity index is 1.19. The fraction of sp³-hybridized carbons (Fsp3) is 0.188. The first-order valence-electron chi connectivity index (χ1n) is 13.9. The number of pyridine rings is 1. The minimum absolute atomic E-state index is 0.363. The first-order chi connectivity index (χ1) is 20.8. The van der Waals surface area contributed by atoms with Gasteiger partial charge in [0.15, 0.2) is 0 Å². The molecule has 0 radical (unpaired) electrons. The van der Waals surface area contributed by atoms with Crippen LogP contribution in [-0.2, 0) is 16.6 Å². The van der Waals surface area contributed by atoms with Crippen LogP contribution in [0.15, 0.2) is 104 Å². The van der Waals surface area contributed by atoms with E-state index in [1.807, 2.05) is 48.8 Å². The van der Waals surface area contributed by atoms with Crippen LogP contribution in [0.1, 0.15) is 15.9 Å². The van der Waals surface area contributed by atoms with E-state index in [-0.39, 0.29) is 0 Å². The number of amides is 1. The van der Waals surface area contributed by atoms with Gasteiger partial charge in [-0.1, -0.05) is 42.5 Å². The molecule has 1 amide bonds. The van der Waals surface area contributed by atoms with Crippen molar-refractivity contribution in [2.45, 2.75) is 6.54 Å². The van der Waals surface area contributed by atoms with Gasteiger partial charge in [0.2, 0.25) is 10.0 Å². The van der Waals surface area contributed by atoms with E-state index in [2.05, 4.69) is 30.7 Å². The van der Waals surface area contributed by atoms with E-state index >= 15 is 0 Å². The van der Waals surface area contributed by atoms with Crippen LogP contribution in [0.4, 0.5) is 11.5 Å². The van der Waals surface area contributed by atoms with Crippen molar-refractivity contribution in [3.05, 3.63) is 115 Å². The highest BCUT2D eigenvalue weighted by atomic mass is 32.2. The van der Waals surface area contributed by atoms with Gasteiger partial charge in [0.25, 0.3) is 5.91 Å². The molecule has 5 aromatic rings. The number of nitrogens with zero attached hydrogens (tertiary/aromatic N) is 6. The number of aromatic nitrogens is 3. The number of carbonyl (C=O) groups excluding carboxylic acids is 1. The largest absolute Gasteiger partial charge is 0.353 e. The Bertz CT molecular complexity index is 1830. The summed E-state index contributed by atoms with van der Waals surface area (Å²) in [5.41, 5.74) is 5.39. The predicted octanol–water partition coefficient (Wildman–Crippen LogP) is 4.13. The third-order valence-corrected chi connectivity index (χ3v) is 7.81. The van der Waals surface area contributed by atoms with Crippen molar-refractivity contribution in [2.75, 3.05) is 42.3 Å². The van der Waals surface area contributed by atoms with Crippen LogP contribution < -0.4 is 14.7 Å². The molecule has 3 heterocycles. The van der Waals surface area contributed by atoms with Gasteiger partial charge in [0.05, 0.1) is 29.2 Å².